The van der Waals surface area contributed by atoms with E-state index in [0.717, 1.165) is 51.4 Å². The van der Waals surface area contributed by atoms with Gasteiger partial charge in [0, 0.05) is 12.8 Å². The molecular formula is C38H71O8P. The zero-order valence-electron chi connectivity index (χ0n) is 30.2. The number of phosphoric ester groups is 1. The van der Waals surface area contributed by atoms with Crippen molar-refractivity contribution < 1.29 is 37.9 Å². The molecule has 0 fully saturated rings. The highest BCUT2D eigenvalue weighted by molar-refractivity contribution is 7.46. The van der Waals surface area contributed by atoms with Gasteiger partial charge in [0.25, 0.3) is 0 Å². The number of hydrogen-bond acceptors (Lipinski definition) is 6. The molecule has 0 spiro atoms. The van der Waals surface area contributed by atoms with E-state index in [1.807, 2.05) is 0 Å². The Kier molecular flexibility index (Phi) is 33.3. The van der Waals surface area contributed by atoms with Crippen LogP contribution in [0.1, 0.15) is 187 Å². The van der Waals surface area contributed by atoms with Gasteiger partial charge in [0.15, 0.2) is 6.10 Å². The number of carbonyl (C=O) groups excluding carboxylic acids is 2. The van der Waals surface area contributed by atoms with Crippen molar-refractivity contribution in [3.63, 3.8) is 0 Å². The zero-order chi connectivity index (χ0) is 34.7. The zero-order valence-corrected chi connectivity index (χ0v) is 31.1. The van der Waals surface area contributed by atoms with E-state index in [9.17, 15) is 14.2 Å². The third kappa shape index (κ3) is 37.2. The maximum absolute atomic E-state index is 12.4. The molecular weight excluding hydrogens is 615 g/mol. The molecule has 8 nitrogen and oxygen atoms in total. The number of unbranched alkanes of at least 4 members (excludes halogenated alkanes) is 21. The molecule has 1 atom stereocenters. The second-order valence-electron chi connectivity index (χ2n) is 12.9. The van der Waals surface area contributed by atoms with Gasteiger partial charge in [-0.3, -0.25) is 14.1 Å². The summed E-state index contributed by atoms with van der Waals surface area (Å²) in [5, 5.41) is 0. The highest BCUT2D eigenvalue weighted by Gasteiger charge is 2.22. The number of phosphoric acid groups is 1. The van der Waals surface area contributed by atoms with Crippen molar-refractivity contribution in [1.29, 1.82) is 0 Å². The van der Waals surface area contributed by atoms with Crippen molar-refractivity contribution in [2.75, 3.05) is 13.2 Å². The van der Waals surface area contributed by atoms with Gasteiger partial charge in [-0.05, 0) is 64.2 Å². The van der Waals surface area contributed by atoms with E-state index in [2.05, 4.69) is 42.7 Å². The largest absolute Gasteiger partial charge is 0.469 e. The van der Waals surface area contributed by atoms with Gasteiger partial charge in [-0.25, -0.2) is 4.57 Å². The standard InChI is InChI=1S/C38H71O8P/c1-3-5-7-9-11-13-15-17-18-19-20-21-23-25-27-29-31-33-38(40)46-36(35-45-47(41,42)43)34-44-37(39)32-30-28-26-24-22-16-14-12-10-8-6-4-2/h12-15,36H,3-11,16-35H2,1-2H3,(H2,41,42,43)/b14-12+,15-13+/t36-/m1/s1. The number of ether oxygens (including phenoxy) is 2. The second-order valence-corrected chi connectivity index (χ2v) is 14.1. The molecule has 0 aliphatic heterocycles. The normalized spacial score (nSPS) is 12.7. The first-order valence-corrected chi connectivity index (χ1v) is 20.7. The first-order valence-electron chi connectivity index (χ1n) is 19.1. The van der Waals surface area contributed by atoms with E-state index in [1.54, 1.807) is 0 Å². The molecule has 0 aromatic heterocycles. The molecule has 0 aromatic carbocycles. The van der Waals surface area contributed by atoms with Crippen molar-refractivity contribution >= 4 is 19.8 Å². The number of allylic oxidation sites excluding steroid dienone is 4. The van der Waals surface area contributed by atoms with Crippen LogP contribution >= 0.6 is 7.82 Å². The fourth-order valence-electron chi connectivity index (χ4n) is 5.30. The van der Waals surface area contributed by atoms with Crippen LogP contribution in [0.25, 0.3) is 0 Å². The van der Waals surface area contributed by atoms with Crippen molar-refractivity contribution in [1.82, 2.24) is 0 Å². The number of hydrogen-bond donors (Lipinski definition) is 2. The summed E-state index contributed by atoms with van der Waals surface area (Å²) in [5.74, 6) is -0.895. The van der Waals surface area contributed by atoms with Gasteiger partial charge in [0.05, 0.1) is 6.61 Å². The summed E-state index contributed by atoms with van der Waals surface area (Å²) in [6.45, 7) is 3.63. The summed E-state index contributed by atoms with van der Waals surface area (Å²) in [5.41, 5.74) is 0. The van der Waals surface area contributed by atoms with Crippen LogP contribution in [0.5, 0.6) is 0 Å². The Hall–Kier alpha value is -1.47. The SMILES string of the molecule is CCCCC/C=C/CCCCCCCC(=O)OC[C@H](COP(=O)(O)O)OC(=O)CCCCCCCCCCC/C=C/CCCCCC. The molecule has 0 unspecified atom stereocenters. The third-order valence-corrected chi connectivity index (χ3v) is 8.68. The highest BCUT2D eigenvalue weighted by atomic mass is 31.2. The number of esters is 2. The van der Waals surface area contributed by atoms with Crippen molar-refractivity contribution in [2.24, 2.45) is 0 Å². The molecule has 0 saturated heterocycles. The van der Waals surface area contributed by atoms with Gasteiger partial charge in [-0.2, -0.15) is 0 Å². The summed E-state index contributed by atoms with van der Waals surface area (Å²) >= 11 is 0. The van der Waals surface area contributed by atoms with Crippen LogP contribution in [0.3, 0.4) is 0 Å². The average Bonchev–Trinajstić information content (AvgIpc) is 3.04. The maximum Gasteiger partial charge on any atom is 0.469 e. The molecule has 2 N–H and O–H groups in total. The molecule has 0 aliphatic carbocycles. The summed E-state index contributed by atoms with van der Waals surface area (Å²) in [7, 11) is -4.75. The first kappa shape index (κ1) is 45.5. The monoisotopic (exact) mass is 686 g/mol. The lowest BCUT2D eigenvalue weighted by atomic mass is 10.1. The van der Waals surface area contributed by atoms with E-state index < -0.39 is 32.5 Å². The predicted octanol–water partition coefficient (Wildman–Crippen LogP) is 11.2. The minimum Gasteiger partial charge on any atom is -0.462 e. The van der Waals surface area contributed by atoms with Crippen LogP contribution in [-0.4, -0.2) is 41.0 Å². The molecule has 276 valence electrons. The Bertz CT molecular complexity index is 823. The smallest absolute Gasteiger partial charge is 0.462 e. The number of rotatable bonds is 35. The van der Waals surface area contributed by atoms with Gasteiger partial charge in [0.2, 0.25) is 0 Å². The van der Waals surface area contributed by atoms with Crippen LogP contribution in [0, 0.1) is 0 Å². The first-order chi connectivity index (χ1) is 22.8. The van der Waals surface area contributed by atoms with E-state index in [1.165, 1.54) is 96.3 Å². The Morgan fingerprint density at radius 1 is 0.532 bits per heavy atom. The van der Waals surface area contributed by atoms with Gasteiger partial charge < -0.3 is 19.3 Å². The Morgan fingerprint density at radius 2 is 0.894 bits per heavy atom. The van der Waals surface area contributed by atoms with Crippen molar-refractivity contribution in [2.45, 2.75) is 193 Å². The average molecular weight is 687 g/mol. The van der Waals surface area contributed by atoms with Crippen LogP contribution in [0.2, 0.25) is 0 Å². The molecule has 0 heterocycles. The molecule has 9 heteroatoms. The highest BCUT2D eigenvalue weighted by Crippen LogP contribution is 2.36. The van der Waals surface area contributed by atoms with E-state index in [-0.39, 0.29) is 19.4 Å². The van der Waals surface area contributed by atoms with E-state index in [0.29, 0.717) is 12.8 Å². The van der Waals surface area contributed by atoms with E-state index >= 15 is 0 Å². The molecule has 0 saturated carbocycles. The molecule has 0 aromatic rings. The Labute approximate surface area is 288 Å². The van der Waals surface area contributed by atoms with Crippen LogP contribution in [-0.2, 0) is 28.2 Å². The number of carbonyl (C=O) groups is 2. The lowest BCUT2D eigenvalue weighted by molar-refractivity contribution is -0.161. The van der Waals surface area contributed by atoms with Crippen LogP contribution < -0.4 is 0 Å². The molecule has 0 radical (unpaired) electrons. The third-order valence-electron chi connectivity index (χ3n) is 8.19. The summed E-state index contributed by atoms with van der Waals surface area (Å²) < 4.78 is 26.3. The molecule has 0 bridgehead atoms. The van der Waals surface area contributed by atoms with Gasteiger partial charge >= 0.3 is 19.8 Å². The topological polar surface area (TPSA) is 119 Å². The Balaban J connectivity index is 3.95. The lowest BCUT2D eigenvalue weighted by Crippen LogP contribution is -2.29. The van der Waals surface area contributed by atoms with Crippen LogP contribution in [0.4, 0.5) is 0 Å². The van der Waals surface area contributed by atoms with Gasteiger partial charge in [-0.15, -0.1) is 0 Å². The summed E-state index contributed by atoms with van der Waals surface area (Å²) in [4.78, 5) is 42.7. The molecule has 0 amide bonds. The summed E-state index contributed by atoms with van der Waals surface area (Å²) in [6, 6.07) is 0. The minimum absolute atomic E-state index is 0.209. The predicted molar refractivity (Wildman–Crippen MR) is 193 cm³/mol. The Morgan fingerprint density at radius 3 is 1.34 bits per heavy atom. The van der Waals surface area contributed by atoms with E-state index in [4.69, 9.17) is 19.3 Å². The maximum atomic E-state index is 12.4. The van der Waals surface area contributed by atoms with Crippen molar-refractivity contribution in [3.8, 4) is 0 Å². The quantitative estimate of drug-likeness (QED) is 0.0292. The van der Waals surface area contributed by atoms with Crippen LogP contribution in [0.15, 0.2) is 24.3 Å². The van der Waals surface area contributed by atoms with Crippen molar-refractivity contribution in [3.05, 3.63) is 24.3 Å². The lowest BCUT2D eigenvalue weighted by Gasteiger charge is -2.18. The molecule has 0 rings (SSSR count). The fourth-order valence-corrected chi connectivity index (χ4v) is 5.66. The van der Waals surface area contributed by atoms with Gasteiger partial charge in [-0.1, -0.05) is 134 Å². The summed E-state index contributed by atoms with van der Waals surface area (Å²) in [6.07, 6.45) is 37.5. The minimum atomic E-state index is -4.75. The van der Waals surface area contributed by atoms with Gasteiger partial charge in [0.1, 0.15) is 6.61 Å². The molecule has 47 heavy (non-hydrogen) atoms. The molecule has 0 aliphatic rings. The second kappa shape index (κ2) is 34.4. The fraction of sp³-hybridized carbons (Fsp3) is 0.842.